The molecule has 4 rings (SSSR count). The molecule has 1 amide bonds. The molecule has 146 valence electrons. The van der Waals surface area contributed by atoms with Gasteiger partial charge in [0.15, 0.2) is 0 Å². The zero-order valence-corrected chi connectivity index (χ0v) is 15.5. The number of likely N-dealkylation sites (tertiary alicyclic amines) is 1. The minimum atomic E-state index is -0.539. The van der Waals surface area contributed by atoms with Crippen LogP contribution in [0.25, 0.3) is 10.9 Å². The van der Waals surface area contributed by atoms with Gasteiger partial charge in [-0.1, -0.05) is 5.16 Å². The highest BCUT2D eigenvalue weighted by molar-refractivity contribution is 5.96. The summed E-state index contributed by atoms with van der Waals surface area (Å²) in [7, 11) is 0. The van der Waals surface area contributed by atoms with Crippen molar-refractivity contribution in [3.05, 3.63) is 61.9 Å². The highest BCUT2D eigenvalue weighted by Crippen LogP contribution is 2.23. The summed E-state index contributed by atoms with van der Waals surface area (Å²) in [5.41, 5.74) is 0.246. The molecule has 1 fully saturated rings. The molecule has 2 aromatic heterocycles. The molecule has 0 atom stereocenters. The second-order valence-corrected chi connectivity index (χ2v) is 7.02. The average molecular weight is 386 g/mol. The number of amides is 1. The minimum absolute atomic E-state index is 0.133. The Hall–Kier alpha value is -3.23. The third-order valence-electron chi connectivity index (χ3n) is 5.26. The zero-order valence-electron chi connectivity index (χ0n) is 15.5. The van der Waals surface area contributed by atoms with Crippen LogP contribution < -0.4 is 11.2 Å². The van der Waals surface area contributed by atoms with Crippen LogP contribution in [0.1, 0.15) is 40.7 Å². The van der Waals surface area contributed by atoms with Gasteiger partial charge in [0.05, 0.1) is 16.6 Å². The average Bonchev–Trinajstić information content (AvgIpc) is 3.01. The number of carbonyl (C=O) groups excluding carboxylic acids is 1. The maximum Gasteiger partial charge on any atom is 0.329 e. The summed E-state index contributed by atoms with van der Waals surface area (Å²) < 4.78 is 19.7. The van der Waals surface area contributed by atoms with E-state index < -0.39 is 17.1 Å². The van der Waals surface area contributed by atoms with E-state index in [0.29, 0.717) is 48.5 Å². The number of benzene rings is 1. The Bertz CT molecular complexity index is 1170. The first-order chi connectivity index (χ1) is 13.4. The number of nitrogens with one attached hydrogen (secondary N) is 1. The summed E-state index contributed by atoms with van der Waals surface area (Å²) in [6.07, 6.45) is 0.887. The quantitative estimate of drug-likeness (QED) is 0.725. The molecule has 9 heteroatoms. The van der Waals surface area contributed by atoms with Gasteiger partial charge in [-0.2, -0.15) is 0 Å². The van der Waals surface area contributed by atoms with E-state index in [0.717, 1.165) is 10.6 Å². The van der Waals surface area contributed by atoms with Crippen molar-refractivity contribution in [2.45, 2.75) is 32.7 Å². The molecule has 3 aromatic rings. The number of aromatic nitrogens is 3. The van der Waals surface area contributed by atoms with E-state index in [2.05, 4.69) is 10.1 Å². The monoisotopic (exact) mass is 386 g/mol. The van der Waals surface area contributed by atoms with Gasteiger partial charge in [-0.15, -0.1) is 0 Å². The fourth-order valence-corrected chi connectivity index (χ4v) is 3.81. The summed E-state index contributed by atoms with van der Waals surface area (Å²) >= 11 is 0. The maximum absolute atomic E-state index is 13.5. The largest absolute Gasteiger partial charge is 0.361 e. The molecule has 0 bridgehead atoms. The fraction of sp³-hybridized carbons (Fsp3) is 0.368. The number of nitrogens with zero attached hydrogens (tertiary/aromatic N) is 3. The number of aryl methyl sites for hydroxylation is 2. The van der Waals surface area contributed by atoms with Gasteiger partial charge in [0.25, 0.3) is 11.5 Å². The van der Waals surface area contributed by atoms with Gasteiger partial charge in [0.2, 0.25) is 0 Å². The first kappa shape index (κ1) is 18.1. The van der Waals surface area contributed by atoms with E-state index in [-0.39, 0.29) is 17.3 Å². The van der Waals surface area contributed by atoms with E-state index in [9.17, 15) is 18.8 Å². The zero-order chi connectivity index (χ0) is 20.0. The summed E-state index contributed by atoms with van der Waals surface area (Å²) in [4.78, 5) is 42.3. The van der Waals surface area contributed by atoms with Gasteiger partial charge in [-0.3, -0.25) is 14.2 Å². The molecule has 1 aliphatic rings. The number of H-pyrrole nitrogens is 1. The summed E-state index contributed by atoms with van der Waals surface area (Å²) in [6, 6.07) is 3.33. The fourth-order valence-electron chi connectivity index (χ4n) is 3.81. The molecule has 8 nitrogen and oxygen atoms in total. The Morgan fingerprint density at radius 2 is 1.96 bits per heavy atom. The number of piperidine rings is 1. The van der Waals surface area contributed by atoms with Gasteiger partial charge >= 0.3 is 5.69 Å². The number of halogens is 1. The van der Waals surface area contributed by atoms with Crippen molar-refractivity contribution in [1.82, 2.24) is 19.6 Å². The van der Waals surface area contributed by atoms with Gasteiger partial charge in [-0.25, -0.2) is 9.18 Å². The number of rotatable bonds is 2. The first-order valence-electron chi connectivity index (χ1n) is 9.03. The van der Waals surface area contributed by atoms with Crippen molar-refractivity contribution < 1.29 is 13.7 Å². The second kappa shape index (κ2) is 6.74. The number of aromatic amines is 1. The van der Waals surface area contributed by atoms with Crippen molar-refractivity contribution in [3.8, 4) is 0 Å². The van der Waals surface area contributed by atoms with Crippen LogP contribution in [0.3, 0.4) is 0 Å². The van der Waals surface area contributed by atoms with Crippen LogP contribution >= 0.6 is 0 Å². The molecule has 3 heterocycles. The molecule has 1 aromatic carbocycles. The van der Waals surface area contributed by atoms with E-state index >= 15 is 0 Å². The molecule has 0 spiro atoms. The van der Waals surface area contributed by atoms with Crippen LogP contribution in [-0.4, -0.2) is 38.6 Å². The van der Waals surface area contributed by atoms with Gasteiger partial charge in [0.1, 0.15) is 17.1 Å². The lowest BCUT2D eigenvalue weighted by Gasteiger charge is -2.32. The Labute approximate surface area is 158 Å². The van der Waals surface area contributed by atoms with Crippen LogP contribution in [0.15, 0.2) is 32.3 Å². The van der Waals surface area contributed by atoms with E-state index in [1.54, 1.807) is 18.7 Å². The van der Waals surface area contributed by atoms with Crippen molar-refractivity contribution in [2.24, 2.45) is 0 Å². The Balaban J connectivity index is 1.60. The van der Waals surface area contributed by atoms with Crippen LogP contribution in [0.4, 0.5) is 4.39 Å². The molecular weight excluding hydrogens is 367 g/mol. The number of hydrogen-bond acceptors (Lipinski definition) is 5. The Morgan fingerprint density at radius 3 is 2.61 bits per heavy atom. The van der Waals surface area contributed by atoms with E-state index in [1.165, 1.54) is 12.1 Å². The predicted molar refractivity (Wildman–Crippen MR) is 98.9 cm³/mol. The van der Waals surface area contributed by atoms with Crippen LogP contribution in [-0.2, 0) is 0 Å². The molecular formula is C19H19FN4O4. The lowest BCUT2D eigenvalue weighted by molar-refractivity contribution is 0.0689. The van der Waals surface area contributed by atoms with Gasteiger partial charge in [0, 0.05) is 19.1 Å². The van der Waals surface area contributed by atoms with Crippen molar-refractivity contribution in [2.75, 3.05) is 13.1 Å². The third kappa shape index (κ3) is 2.92. The smallest absolute Gasteiger partial charge is 0.329 e. The second-order valence-electron chi connectivity index (χ2n) is 7.02. The lowest BCUT2D eigenvalue weighted by Crippen LogP contribution is -2.45. The van der Waals surface area contributed by atoms with Crippen LogP contribution in [0, 0.1) is 19.7 Å². The van der Waals surface area contributed by atoms with Crippen molar-refractivity contribution >= 4 is 16.8 Å². The van der Waals surface area contributed by atoms with E-state index in [4.69, 9.17) is 4.52 Å². The summed E-state index contributed by atoms with van der Waals surface area (Å²) in [5, 5.41) is 3.94. The first-order valence-corrected chi connectivity index (χ1v) is 9.03. The highest BCUT2D eigenvalue weighted by Gasteiger charge is 2.29. The molecule has 0 saturated carbocycles. The van der Waals surface area contributed by atoms with Gasteiger partial charge in [-0.05, 0) is 44.9 Å². The number of fused-ring (bicyclic) bond motifs is 1. The summed E-state index contributed by atoms with van der Waals surface area (Å²) in [5.74, 6) is -0.242. The lowest BCUT2D eigenvalue weighted by atomic mass is 10.0. The SMILES string of the molecule is Cc1noc(C)c1C(=O)N1CCC(n2c(=O)[nH]c3ccc(F)cc3c2=O)CC1. The molecule has 1 N–H and O–H groups in total. The topological polar surface area (TPSA) is 101 Å². The van der Waals surface area contributed by atoms with Gasteiger partial charge < -0.3 is 14.4 Å². The molecule has 28 heavy (non-hydrogen) atoms. The minimum Gasteiger partial charge on any atom is -0.361 e. The predicted octanol–water partition coefficient (Wildman–Crippen LogP) is 1.91. The Kier molecular flexibility index (Phi) is 4.37. The molecule has 0 radical (unpaired) electrons. The maximum atomic E-state index is 13.5. The van der Waals surface area contributed by atoms with Crippen molar-refractivity contribution in [1.29, 1.82) is 0 Å². The molecule has 1 saturated heterocycles. The third-order valence-corrected chi connectivity index (χ3v) is 5.26. The van der Waals surface area contributed by atoms with Crippen LogP contribution in [0.5, 0.6) is 0 Å². The van der Waals surface area contributed by atoms with Crippen molar-refractivity contribution in [3.63, 3.8) is 0 Å². The highest BCUT2D eigenvalue weighted by atomic mass is 19.1. The standard InChI is InChI=1S/C19H19FN4O4/c1-10-16(11(2)28-22-10)18(26)23-7-5-13(6-8-23)24-17(25)14-9-12(20)3-4-15(14)21-19(24)27/h3-4,9,13H,5-8H2,1-2H3,(H,21,27). The summed E-state index contributed by atoms with van der Waals surface area (Å²) in [6.45, 7) is 4.18. The van der Waals surface area contributed by atoms with E-state index in [1.807, 2.05) is 0 Å². The molecule has 1 aliphatic heterocycles. The molecule has 0 aliphatic carbocycles. The normalized spacial score (nSPS) is 15.3. The Morgan fingerprint density at radius 1 is 1.25 bits per heavy atom. The number of carbonyl (C=O) groups is 1. The molecule has 0 unspecified atom stereocenters. The van der Waals surface area contributed by atoms with Crippen LogP contribution in [0.2, 0.25) is 0 Å². The number of hydrogen-bond donors (Lipinski definition) is 1.